The van der Waals surface area contributed by atoms with Gasteiger partial charge in [0.15, 0.2) is 0 Å². The molecule has 4 heteroatoms. The topological polar surface area (TPSA) is 21.3 Å². The van der Waals surface area contributed by atoms with Gasteiger partial charge in [-0.15, -0.1) is 0 Å². The lowest BCUT2D eigenvalue weighted by atomic mass is 10.0. The van der Waals surface area contributed by atoms with Crippen molar-refractivity contribution in [3.05, 3.63) is 57.9 Å². The van der Waals surface area contributed by atoms with E-state index in [9.17, 15) is 4.39 Å². The van der Waals surface area contributed by atoms with E-state index in [0.717, 1.165) is 11.1 Å². The first-order valence-corrected chi connectivity index (χ1v) is 7.21. The van der Waals surface area contributed by atoms with Crippen LogP contribution >= 0.6 is 11.6 Å². The Morgan fingerprint density at radius 3 is 2.52 bits per heavy atom. The average molecular weight is 308 g/mol. The van der Waals surface area contributed by atoms with Gasteiger partial charge in [0.25, 0.3) is 0 Å². The third kappa shape index (κ3) is 3.55. The Balaban J connectivity index is 2.47. The van der Waals surface area contributed by atoms with Crippen molar-refractivity contribution in [1.82, 2.24) is 5.32 Å². The molecule has 2 nitrogen and oxygen atoms in total. The van der Waals surface area contributed by atoms with Crippen LogP contribution in [0.3, 0.4) is 0 Å². The van der Waals surface area contributed by atoms with E-state index in [1.165, 1.54) is 6.07 Å². The van der Waals surface area contributed by atoms with Crippen LogP contribution in [-0.4, -0.2) is 7.05 Å². The zero-order valence-corrected chi connectivity index (χ0v) is 13.4. The summed E-state index contributed by atoms with van der Waals surface area (Å²) in [6, 6.07) is 8.77. The minimum absolute atomic E-state index is 0.0290. The van der Waals surface area contributed by atoms with E-state index >= 15 is 0 Å². The fraction of sp³-hybridized carbons (Fsp3) is 0.294. The summed E-state index contributed by atoms with van der Waals surface area (Å²) in [7, 11) is 1.83. The third-order valence-electron chi connectivity index (χ3n) is 3.50. The quantitative estimate of drug-likeness (QED) is 0.841. The highest BCUT2D eigenvalue weighted by Gasteiger charge is 2.15. The van der Waals surface area contributed by atoms with E-state index in [4.69, 9.17) is 16.3 Å². The molecule has 0 heterocycles. The lowest BCUT2D eigenvalue weighted by molar-refractivity contribution is 0.462. The number of benzene rings is 2. The molecule has 0 aliphatic carbocycles. The zero-order chi connectivity index (χ0) is 15.6. The van der Waals surface area contributed by atoms with Crippen molar-refractivity contribution in [1.29, 1.82) is 0 Å². The number of hydrogen-bond donors (Lipinski definition) is 1. The van der Waals surface area contributed by atoms with Crippen molar-refractivity contribution in [3.8, 4) is 11.5 Å². The van der Waals surface area contributed by atoms with Crippen molar-refractivity contribution in [2.24, 2.45) is 0 Å². The van der Waals surface area contributed by atoms with E-state index in [2.05, 4.69) is 5.32 Å². The van der Waals surface area contributed by atoms with Crippen LogP contribution < -0.4 is 10.1 Å². The van der Waals surface area contributed by atoms with Crippen molar-refractivity contribution in [2.75, 3.05) is 7.05 Å². The van der Waals surface area contributed by atoms with Gasteiger partial charge in [-0.2, -0.15) is 0 Å². The van der Waals surface area contributed by atoms with E-state index in [1.807, 2.05) is 33.0 Å². The van der Waals surface area contributed by atoms with Gasteiger partial charge >= 0.3 is 0 Å². The molecule has 0 saturated heterocycles. The molecule has 2 rings (SSSR count). The maximum absolute atomic E-state index is 13.8. The molecule has 0 spiro atoms. The van der Waals surface area contributed by atoms with Gasteiger partial charge in [-0.1, -0.05) is 17.7 Å². The molecule has 0 fully saturated rings. The second-order valence-corrected chi connectivity index (χ2v) is 5.59. The van der Waals surface area contributed by atoms with Gasteiger partial charge in [0, 0.05) is 11.6 Å². The molecule has 2 aromatic rings. The normalized spacial score (nSPS) is 12.3. The van der Waals surface area contributed by atoms with E-state index in [-0.39, 0.29) is 11.9 Å². The molecule has 0 bridgehead atoms. The van der Waals surface area contributed by atoms with Crippen LogP contribution in [0.5, 0.6) is 11.5 Å². The Bertz CT molecular complexity index is 657. The van der Waals surface area contributed by atoms with Crippen molar-refractivity contribution < 1.29 is 9.13 Å². The summed E-state index contributed by atoms with van der Waals surface area (Å²) in [6.07, 6.45) is 0. The first kappa shape index (κ1) is 15.8. The Kier molecular flexibility index (Phi) is 4.86. The fourth-order valence-electron chi connectivity index (χ4n) is 2.06. The van der Waals surface area contributed by atoms with Gasteiger partial charge in [-0.05, 0) is 63.2 Å². The summed E-state index contributed by atoms with van der Waals surface area (Å²) in [5.74, 6) is 0.949. The molecule has 0 aliphatic heterocycles. The Morgan fingerprint density at radius 2 is 1.86 bits per heavy atom. The van der Waals surface area contributed by atoms with Crippen molar-refractivity contribution in [2.45, 2.75) is 26.8 Å². The summed E-state index contributed by atoms with van der Waals surface area (Å²) in [4.78, 5) is 0. The van der Waals surface area contributed by atoms with Gasteiger partial charge in [0.1, 0.15) is 17.3 Å². The SMILES string of the molecule is CNC(C)c1cc(F)c(C)cc1Oc1cc(C)ccc1Cl. The fourth-order valence-corrected chi connectivity index (χ4v) is 2.22. The molecule has 112 valence electrons. The molecule has 21 heavy (non-hydrogen) atoms. The lowest BCUT2D eigenvalue weighted by Gasteiger charge is -2.18. The Labute approximate surface area is 129 Å². The number of rotatable bonds is 4. The van der Waals surface area contributed by atoms with Crippen LogP contribution in [-0.2, 0) is 0 Å². The molecular weight excluding hydrogens is 289 g/mol. The second kappa shape index (κ2) is 6.46. The first-order chi connectivity index (χ1) is 9.92. The van der Waals surface area contributed by atoms with Crippen LogP contribution in [0.15, 0.2) is 30.3 Å². The predicted octanol–water partition coefficient (Wildman–Crippen LogP) is 5.17. The molecule has 0 aliphatic rings. The smallest absolute Gasteiger partial charge is 0.146 e. The van der Waals surface area contributed by atoms with E-state index < -0.39 is 0 Å². The maximum atomic E-state index is 13.8. The largest absolute Gasteiger partial charge is 0.455 e. The number of halogens is 2. The molecule has 1 unspecified atom stereocenters. The maximum Gasteiger partial charge on any atom is 0.146 e. The molecule has 0 amide bonds. The summed E-state index contributed by atoms with van der Waals surface area (Å²) in [5, 5.41) is 3.63. The monoisotopic (exact) mass is 307 g/mol. The summed E-state index contributed by atoms with van der Waals surface area (Å²) >= 11 is 6.17. The highest BCUT2D eigenvalue weighted by molar-refractivity contribution is 6.32. The number of ether oxygens (including phenoxy) is 1. The van der Waals surface area contributed by atoms with Gasteiger partial charge < -0.3 is 10.1 Å². The van der Waals surface area contributed by atoms with Crippen LogP contribution in [0.1, 0.15) is 29.7 Å². The van der Waals surface area contributed by atoms with Gasteiger partial charge in [0.2, 0.25) is 0 Å². The van der Waals surface area contributed by atoms with Crippen LogP contribution in [0.2, 0.25) is 5.02 Å². The first-order valence-electron chi connectivity index (χ1n) is 6.83. The predicted molar refractivity (Wildman–Crippen MR) is 84.9 cm³/mol. The third-order valence-corrected chi connectivity index (χ3v) is 3.81. The molecule has 1 N–H and O–H groups in total. The van der Waals surface area contributed by atoms with Crippen LogP contribution in [0, 0.1) is 19.7 Å². The van der Waals surface area contributed by atoms with Gasteiger partial charge in [-0.3, -0.25) is 0 Å². The van der Waals surface area contributed by atoms with Crippen LogP contribution in [0.25, 0.3) is 0 Å². The minimum atomic E-state index is -0.241. The van der Waals surface area contributed by atoms with Gasteiger partial charge in [-0.25, -0.2) is 4.39 Å². The Morgan fingerprint density at radius 1 is 1.14 bits per heavy atom. The lowest BCUT2D eigenvalue weighted by Crippen LogP contribution is -2.14. The van der Waals surface area contributed by atoms with Crippen molar-refractivity contribution in [3.63, 3.8) is 0 Å². The standard InChI is InChI=1S/C17H19ClFNO/c1-10-5-6-14(18)17(7-10)21-16-8-11(2)15(19)9-13(16)12(3)20-4/h5-9,12,20H,1-4H3. The molecule has 0 saturated carbocycles. The highest BCUT2D eigenvalue weighted by Crippen LogP contribution is 2.35. The average Bonchev–Trinajstić information content (AvgIpc) is 2.45. The van der Waals surface area contributed by atoms with Crippen molar-refractivity contribution >= 4 is 11.6 Å². The molecule has 0 aromatic heterocycles. The van der Waals surface area contributed by atoms with E-state index in [0.29, 0.717) is 22.1 Å². The summed E-state index contributed by atoms with van der Waals surface area (Å²) in [5.41, 5.74) is 2.36. The van der Waals surface area contributed by atoms with E-state index in [1.54, 1.807) is 19.1 Å². The minimum Gasteiger partial charge on any atom is -0.455 e. The number of hydrogen-bond acceptors (Lipinski definition) is 2. The second-order valence-electron chi connectivity index (χ2n) is 5.19. The summed E-state index contributed by atoms with van der Waals surface area (Å²) in [6.45, 7) is 5.64. The zero-order valence-electron chi connectivity index (χ0n) is 12.6. The van der Waals surface area contributed by atoms with Crippen LogP contribution in [0.4, 0.5) is 4.39 Å². The van der Waals surface area contributed by atoms with Gasteiger partial charge in [0.05, 0.1) is 5.02 Å². The molecular formula is C17H19ClFNO. The molecule has 1 atom stereocenters. The summed E-state index contributed by atoms with van der Waals surface area (Å²) < 4.78 is 19.8. The number of aryl methyl sites for hydroxylation is 2. The number of nitrogens with one attached hydrogen (secondary N) is 1. The highest BCUT2D eigenvalue weighted by atomic mass is 35.5. The Hall–Kier alpha value is -1.58. The molecule has 2 aromatic carbocycles. The molecule has 0 radical (unpaired) electrons.